The zero-order chi connectivity index (χ0) is 23.6. The number of anilines is 1. The predicted octanol–water partition coefficient (Wildman–Crippen LogP) is 4.38. The van der Waals surface area contributed by atoms with Crippen LogP contribution >= 0.6 is 0 Å². The summed E-state index contributed by atoms with van der Waals surface area (Å²) in [7, 11) is 1.37. The summed E-state index contributed by atoms with van der Waals surface area (Å²) in [6.45, 7) is 6.08. The number of carbonyl (C=O) groups excluding carboxylic acids is 2. The number of carbonyl (C=O) groups is 2. The highest BCUT2D eigenvalue weighted by Crippen LogP contribution is 2.41. The van der Waals surface area contributed by atoms with Gasteiger partial charge in [-0.1, -0.05) is 6.07 Å². The van der Waals surface area contributed by atoms with Crippen LogP contribution in [0.5, 0.6) is 23.0 Å². The van der Waals surface area contributed by atoms with E-state index in [4.69, 9.17) is 28.4 Å². The van der Waals surface area contributed by atoms with E-state index in [0.29, 0.717) is 40.9 Å². The molecule has 2 aromatic rings. The summed E-state index contributed by atoms with van der Waals surface area (Å²) in [5, 5.41) is 2.72. The predicted molar refractivity (Wildman–Crippen MR) is 118 cm³/mol. The van der Waals surface area contributed by atoms with Crippen LogP contribution in [0.3, 0.4) is 0 Å². The molecule has 2 aromatic carbocycles. The summed E-state index contributed by atoms with van der Waals surface area (Å²) in [4.78, 5) is 23.8. The molecule has 0 spiro atoms. The van der Waals surface area contributed by atoms with Gasteiger partial charge in [0.2, 0.25) is 6.79 Å². The molecule has 9 nitrogen and oxygen atoms in total. The van der Waals surface area contributed by atoms with Gasteiger partial charge in [-0.2, -0.15) is 0 Å². The van der Waals surface area contributed by atoms with Gasteiger partial charge in [-0.05, 0) is 32.9 Å². The maximum Gasteiger partial charge on any atom is 0.412 e. The molecule has 1 unspecified atom stereocenters. The van der Waals surface area contributed by atoms with Crippen molar-refractivity contribution in [2.24, 2.45) is 0 Å². The third-order valence-electron chi connectivity index (χ3n) is 5.09. The van der Waals surface area contributed by atoms with Gasteiger partial charge >= 0.3 is 12.1 Å². The van der Waals surface area contributed by atoms with Crippen molar-refractivity contribution in [1.82, 2.24) is 0 Å². The SMILES string of the molecule is COC(=O)CC1COc2cc(OCc3cc(NC(=O)OC(C)(C)C)cc4c3OCO4)ccc21. The monoisotopic (exact) mass is 457 g/mol. The van der Waals surface area contributed by atoms with Crippen LogP contribution in [0.4, 0.5) is 10.5 Å². The van der Waals surface area contributed by atoms with E-state index in [-0.39, 0.29) is 31.7 Å². The van der Waals surface area contributed by atoms with Crippen LogP contribution in [0.1, 0.15) is 44.2 Å². The topological polar surface area (TPSA) is 102 Å². The quantitative estimate of drug-likeness (QED) is 0.638. The molecular formula is C24H27NO8. The van der Waals surface area contributed by atoms with Gasteiger partial charge in [0.05, 0.1) is 20.1 Å². The number of ether oxygens (including phenoxy) is 6. The van der Waals surface area contributed by atoms with Crippen LogP contribution in [0.25, 0.3) is 0 Å². The van der Waals surface area contributed by atoms with Crippen LogP contribution in [0.2, 0.25) is 0 Å². The van der Waals surface area contributed by atoms with E-state index >= 15 is 0 Å². The Morgan fingerprint density at radius 3 is 2.67 bits per heavy atom. The Labute approximate surface area is 191 Å². The van der Waals surface area contributed by atoms with Crippen LogP contribution in [-0.2, 0) is 20.9 Å². The standard InChI is InChI=1S/C24H27NO8/c1-24(2,3)33-23(27)25-16-7-15(22-20(9-16)31-13-32-22)12-29-17-5-6-18-14(8-21(26)28-4)11-30-19(18)10-17/h5-7,9-10,14H,8,11-13H2,1-4H3,(H,25,27). The molecular weight excluding hydrogens is 430 g/mol. The number of hydrogen-bond acceptors (Lipinski definition) is 8. The van der Waals surface area contributed by atoms with Crippen molar-refractivity contribution in [3.8, 4) is 23.0 Å². The van der Waals surface area contributed by atoms with Crippen LogP contribution in [-0.4, -0.2) is 38.2 Å². The zero-order valence-corrected chi connectivity index (χ0v) is 19.1. The Bertz CT molecular complexity index is 1060. The largest absolute Gasteiger partial charge is 0.492 e. The Hall–Kier alpha value is -3.62. The minimum atomic E-state index is -0.613. The van der Waals surface area contributed by atoms with Gasteiger partial charge in [-0.3, -0.25) is 10.1 Å². The fraction of sp³-hybridized carbons (Fsp3) is 0.417. The summed E-state index contributed by atoms with van der Waals surface area (Å²) in [5.74, 6) is 2.07. The number of amides is 1. The van der Waals surface area contributed by atoms with Crippen molar-refractivity contribution in [3.63, 3.8) is 0 Å². The summed E-state index contributed by atoms with van der Waals surface area (Å²) < 4.78 is 32.9. The lowest BCUT2D eigenvalue weighted by Crippen LogP contribution is -2.27. The highest BCUT2D eigenvalue weighted by Gasteiger charge is 2.27. The lowest BCUT2D eigenvalue weighted by Gasteiger charge is -2.20. The third-order valence-corrected chi connectivity index (χ3v) is 5.09. The van der Waals surface area contributed by atoms with Crippen molar-refractivity contribution < 1.29 is 38.0 Å². The zero-order valence-electron chi connectivity index (χ0n) is 19.1. The number of fused-ring (bicyclic) bond motifs is 2. The van der Waals surface area contributed by atoms with Crippen molar-refractivity contribution in [1.29, 1.82) is 0 Å². The Balaban J connectivity index is 1.46. The number of methoxy groups -OCH3 is 1. The lowest BCUT2D eigenvalue weighted by molar-refractivity contribution is -0.141. The lowest BCUT2D eigenvalue weighted by atomic mass is 9.98. The smallest absolute Gasteiger partial charge is 0.412 e. The summed E-state index contributed by atoms with van der Waals surface area (Å²) in [6.07, 6.45) is -0.296. The van der Waals surface area contributed by atoms with Crippen LogP contribution in [0.15, 0.2) is 30.3 Å². The Kier molecular flexibility index (Phi) is 6.22. The Morgan fingerprint density at radius 1 is 1.09 bits per heavy atom. The highest BCUT2D eigenvalue weighted by atomic mass is 16.7. The summed E-state index contributed by atoms with van der Waals surface area (Å²) in [5.41, 5.74) is 1.56. The molecule has 176 valence electrons. The number of nitrogens with one attached hydrogen (secondary N) is 1. The van der Waals surface area contributed by atoms with Gasteiger partial charge in [-0.25, -0.2) is 4.79 Å². The van der Waals surface area contributed by atoms with E-state index in [2.05, 4.69) is 5.32 Å². The fourth-order valence-corrected chi connectivity index (χ4v) is 3.65. The number of benzene rings is 2. The van der Waals surface area contributed by atoms with Crippen molar-refractivity contribution in [3.05, 3.63) is 41.5 Å². The molecule has 1 atom stereocenters. The van der Waals surface area contributed by atoms with Crippen LogP contribution in [0, 0.1) is 0 Å². The average Bonchev–Trinajstić information content (AvgIpc) is 3.37. The molecule has 4 rings (SSSR count). The minimum absolute atomic E-state index is 0.0362. The molecule has 0 bridgehead atoms. The molecule has 0 saturated heterocycles. The van der Waals surface area contributed by atoms with E-state index in [1.165, 1.54) is 7.11 Å². The number of hydrogen-bond donors (Lipinski definition) is 1. The average molecular weight is 457 g/mol. The van der Waals surface area contributed by atoms with Gasteiger partial charge in [-0.15, -0.1) is 0 Å². The van der Waals surface area contributed by atoms with E-state index in [9.17, 15) is 9.59 Å². The number of esters is 1. The minimum Gasteiger partial charge on any atom is -0.492 e. The normalized spacial score (nSPS) is 15.9. The number of rotatable bonds is 6. The molecule has 0 saturated carbocycles. The van der Waals surface area contributed by atoms with E-state index < -0.39 is 11.7 Å². The molecule has 0 radical (unpaired) electrons. The molecule has 1 amide bonds. The maximum atomic E-state index is 12.2. The molecule has 33 heavy (non-hydrogen) atoms. The molecule has 0 fully saturated rings. The first-order chi connectivity index (χ1) is 15.7. The van der Waals surface area contributed by atoms with Gasteiger partial charge in [0, 0.05) is 34.9 Å². The molecule has 0 aliphatic carbocycles. The van der Waals surface area contributed by atoms with E-state index in [1.54, 1.807) is 39.0 Å². The van der Waals surface area contributed by atoms with Crippen molar-refractivity contribution >= 4 is 17.7 Å². The first-order valence-corrected chi connectivity index (χ1v) is 10.6. The second kappa shape index (κ2) is 9.09. The molecule has 1 N–H and O–H groups in total. The molecule has 2 heterocycles. The second-order valence-corrected chi connectivity index (χ2v) is 8.77. The van der Waals surface area contributed by atoms with Gasteiger partial charge in [0.1, 0.15) is 23.7 Å². The third kappa shape index (κ3) is 5.42. The van der Waals surface area contributed by atoms with Crippen molar-refractivity contribution in [2.75, 3.05) is 25.8 Å². The summed E-state index contributed by atoms with van der Waals surface area (Å²) >= 11 is 0. The van der Waals surface area contributed by atoms with Gasteiger partial charge in [0.25, 0.3) is 0 Å². The highest BCUT2D eigenvalue weighted by molar-refractivity contribution is 5.86. The van der Waals surface area contributed by atoms with E-state index in [1.807, 2.05) is 12.1 Å². The fourth-order valence-electron chi connectivity index (χ4n) is 3.65. The molecule has 0 aromatic heterocycles. The van der Waals surface area contributed by atoms with Crippen molar-refractivity contribution in [2.45, 2.75) is 45.3 Å². The van der Waals surface area contributed by atoms with Gasteiger partial charge in [0.15, 0.2) is 11.5 Å². The molecule has 2 aliphatic rings. The molecule has 9 heteroatoms. The van der Waals surface area contributed by atoms with Gasteiger partial charge < -0.3 is 28.4 Å². The first kappa shape index (κ1) is 22.6. The molecule has 2 aliphatic heterocycles. The Morgan fingerprint density at radius 2 is 1.91 bits per heavy atom. The van der Waals surface area contributed by atoms with Crippen LogP contribution < -0.4 is 24.3 Å². The van der Waals surface area contributed by atoms with E-state index in [0.717, 1.165) is 5.56 Å². The maximum absolute atomic E-state index is 12.2. The summed E-state index contributed by atoms with van der Waals surface area (Å²) in [6, 6.07) is 8.97. The first-order valence-electron chi connectivity index (χ1n) is 10.6. The second-order valence-electron chi connectivity index (χ2n) is 8.77.